The molecule has 0 aromatic heterocycles. The third-order valence-electron chi connectivity index (χ3n) is 3.84. The third-order valence-corrected chi connectivity index (χ3v) is 4.16. The maximum Gasteiger partial charge on any atom is 0.322 e. The van der Waals surface area contributed by atoms with Gasteiger partial charge in [0.15, 0.2) is 6.29 Å². The van der Waals surface area contributed by atoms with Crippen LogP contribution >= 0.6 is 15.9 Å². The van der Waals surface area contributed by atoms with E-state index in [9.17, 15) is 14.4 Å². The molecule has 1 atom stereocenters. The molecule has 0 amide bonds. The smallest absolute Gasteiger partial charge is 0.322 e. The molecule has 10 heteroatoms. The van der Waals surface area contributed by atoms with Gasteiger partial charge in [-0.1, -0.05) is 29.8 Å². The number of carbonyl (C=O) groups excluding carboxylic acids is 3. The van der Waals surface area contributed by atoms with Crippen molar-refractivity contribution in [2.45, 2.75) is 70.8 Å². The van der Waals surface area contributed by atoms with Crippen LogP contribution in [-0.2, 0) is 38.1 Å². The van der Waals surface area contributed by atoms with Gasteiger partial charge in [0, 0.05) is 24.9 Å². The summed E-state index contributed by atoms with van der Waals surface area (Å²) in [5, 5.41) is -1.23. The Labute approximate surface area is 189 Å². The number of esters is 3. The Morgan fingerprint density at radius 1 is 0.833 bits per heavy atom. The highest BCUT2D eigenvalue weighted by molar-refractivity contribution is 9.10. The lowest BCUT2D eigenvalue weighted by Gasteiger charge is -2.29. The molecule has 0 aliphatic heterocycles. The van der Waals surface area contributed by atoms with Gasteiger partial charge in [-0.15, -0.1) is 0 Å². The molecule has 8 nitrogen and oxygen atoms in total. The minimum Gasteiger partial charge on any atom is -0.465 e. The molecule has 0 rings (SSSR count). The summed E-state index contributed by atoms with van der Waals surface area (Å²) in [6.45, 7) is 11.6. The van der Waals surface area contributed by atoms with Crippen molar-refractivity contribution in [1.82, 2.24) is 0 Å². The Balaban J connectivity index is 5.13. The molecule has 2 radical (unpaired) electrons. The van der Waals surface area contributed by atoms with Crippen LogP contribution in [0.3, 0.4) is 0 Å². The van der Waals surface area contributed by atoms with E-state index < -0.39 is 39.3 Å². The minimum absolute atomic E-state index is 0.0211. The standard InChI is InChI=1S/C20H34BBrO8/c1-8-26-14(27-9-2)10-11-28-17(25)20(7,12-29-15(23)18(3,4)21)13-30-16(24)19(5,6)22/h14H,8-13H2,1-7H3. The Morgan fingerprint density at radius 3 is 1.70 bits per heavy atom. The fraction of sp³-hybridized carbons (Fsp3) is 0.850. The van der Waals surface area contributed by atoms with Gasteiger partial charge in [-0.05, 0) is 34.6 Å². The molecule has 0 N–H and O–H groups in total. The summed E-state index contributed by atoms with van der Waals surface area (Å²) in [7, 11) is 5.72. The van der Waals surface area contributed by atoms with Crippen LogP contribution in [-0.4, -0.2) is 69.4 Å². The predicted octanol–water partition coefficient (Wildman–Crippen LogP) is 2.95. The monoisotopic (exact) mass is 492 g/mol. The first-order valence-corrected chi connectivity index (χ1v) is 10.7. The number of hydrogen-bond acceptors (Lipinski definition) is 8. The van der Waals surface area contributed by atoms with Crippen molar-refractivity contribution in [2.24, 2.45) is 5.41 Å². The van der Waals surface area contributed by atoms with Crippen LogP contribution in [0, 0.1) is 5.41 Å². The van der Waals surface area contributed by atoms with E-state index in [-0.39, 0.29) is 19.8 Å². The average Bonchev–Trinajstić information content (AvgIpc) is 2.62. The molecule has 0 aliphatic rings. The van der Waals surface area contributed by atoms with Crippen molar-refractivity contribution in [3.63, 3.8) is 0 Å². The molecule has 0 saturated carbocycles. The number of hydrogen-bond donors (Lipinski definition) is 0. The minimum atomic E-state index is -1.42. The lowest BCUT2D eigenvalue weighted by Crippen LogP contribution is -2.43. The van der Waals surface area contributed by atoms with Crippen LogP contribution in [0.5, 0.6) is 0 Å². The van der Waals surface area contributed by atoms with Crippen LogP contribution in [0.25, 0.3) is 0 Å². The molecule has 0 heterocycles. The SMILES string of the molecule is [B]C(C)(C)C(=O)OCC(C)(COC(=O)C(C)(C)Br)C(=O)OCCC(OCC)OCC. The van der Waals surface area contributed by atoms with Gasteiger partial charge in [0.25, 0.3) is 0 Å². The molecule has 0 aromatic rings. The van der Waals surface area contributed by atoms with Crippen molar-refractivity contribution in [3.8, 4) is 0 Å². The van der Waals surface area contributed by atoms with Gasteiger partial charge in [-0.3, -0.25) is 14.4 Å². The molecule has 30 heavy (non-hydrogen) atoms. The topological polar surface area (TPSA) is 97.4 Å². The van der Waals surface area contributed by atoms with Crippen LogP contribution in [0.2, 0.25) is 5.31 Å². The quantitative estimate of drug-likeness (QED) is 0.120. The van der Waals surface area contributed by atoms with E-state index in [1.165, 1.54) is 20.8 Å². The zero-order chi connectivity index (χ0) is 23.6. The fourth-order valence-corrected chi connectivity index (χ4v) is 2.09. The highest BCUT2D eigenvalue weighted by Crippen LogP contribution is 2.26. The first-order valence-electron chi connectivity index (χ1n) is 9.90. The summed E-state index contributed by atoms with van der Waals surface area (Å²) in [5.74, 6) is -1.95. The zero-order valence-corrected chi connectivity index (χ0v) is 20.6. The van der Waals surface area contributed by atoms with Gasteiger partial charge >= 0.3 is 17.9 Å². The Hall–Kier alpha value is -1.13. The van der Waals surface area contributed by atoms with E-state index in [0.717, 1.165) is 0 Å². The zero-order valence-electron chi connectivity index (χ0n) is 19.0. The van der Waals surface area contributed by atoms with E-state index in [2.05, 4.69) is 15.9 Å². The summed E-state index contributed by atoms with van der Waals surface area (Å²) >= 11 is 3.20. The van der Waals surface area contributed by atoms with Crippen molar-refractivity contribution in [2.75, 3.05) is 33.0 Å². The molecular formula is C20H34BBrO8. The van der Waals surface area contributed by atoms with Gasteiger partial charge in [0.1, 0.15) is 23.0 Å². The third kappa shape index (κ3) is 10.8. The number of alkyl halides is 1. The van der Waals surface area contributed by atoms with E-state index in [0.29, 0.717) is 19.6 Å². The summed E-state index contributed by atoms with van der Waals surface area (Å²) in [4.78, 5) is 36.9. The molecule has 0 aromatic carbocycles. The van der Waals surface area contributed by atoms with E-state index >= 15 is 0 Å². The Morgan fingerprint density at radius 2 is 1.30 bits per heavy atom. The summed E-state index contributed by atoms with van der Waals surface area (Å²) in [5.41, 5.74) is -1.42. The van der Waals surface area contributed by atoms with Crippen molar-refractivity contribution in [1.29, 1.82) is 0 Å². The van der Waals surface area contributed by atoms with Crippen LogP contribution in [0.15, 0.2) is 0 Å². The number of halogens is 1. The molecule has 0 bridgehead atoms. The second-order valence-corrected chi connectivity index (χ2v) is 10.2. The lowest BCUT2D eigenvalue weighted by molar-refractivity contribution is -0.175. The van der Waals surface area contributed by atoms with Crippen LogP contribution < -0.4 is 0 Å². The molecule has 172 valence electrons. The maximum atomic E-state index is 12.8. The number of rotatable bonds is 14. The van der Waals surface area contributed by atoms with Gasteiger partial charge in [-0.2, -0.15) is 0 Å². The first-order chi connectivity index (χ1) is 13.7. The molecule has 0 saturated heterocycles. The Bertz CT molecular complexity index is 532. The van der Waals surface area contributed by atoms with Gasteiger partial charge in [-0.25, -0.2) is 0 Å². The second-order valence-electron chi connectivity index (χ2n) is 8.17. The summed E-state index contributed by atoms with van der Waals surface area (Å²) in [6, 6.07) is 0. The lowest BCUT2D eigenvalue weighted by atomic mass is 9.73. The first kappa shape index (κ1) is 28.9. The molecular weight excluding hydrogens is 459 g/mol. The van der Waals surface area contributed by atoms with Crippen molar-refractivity contribution >= 4 is 41.7 Å². The fourth-order valence-electron chi connectivity index (χ4n) is 1.98. The van der Waals surface area contributed by atoms with Crippen molar-refractivity contribution in [3.05, 3.63) is 0 Å². The summed E-state index contributed by atoms with van der Waals surface area (Å²) < 4.78 is 25.7. The Kier molecular flexibility index (Phi) is 12.2. The number of carbonyl (C=O) groups is 3. The molecule has 0 spiro atoms. The van der Waals surface area contributed by atoms with Gasteiger partial charge in [0.2, 0.25) is 0 Å². The normalized spacial score (nSPS) is 14.2. The van der Waals surface area contributed by atoms with Crippen molar-refractivity contribution < 1.29 is 38.1 Å². The van der Waals surface area contributed by atoms with E-state index in [1.807, 2.05) is 13.8 Å². The van der Waals surface area contributed by atoms with E-state index in [1.54, 1.807) is 13.8 Å². The van der Waals surface area contributed by atoms with Crippen LogP contribution in [0.1, 0.15) is 54.9 Å². The summed E-state index contributed by atoms with van der Waals surface area (Å²) in [6.07, 6.45) is -0.171. The molecule has 0 fully saturated rings. The highest BCUT2D eigenvalue weighted by atomic mass is 79.9. The largest absolute Gasteiger partial charge is 0.465 e. The van der Waals surface area contributed by atoms with Crippen LogP contribution in [0.4, 0.5) is 0 Å². The second kappa shape index (κ2) is 12.7. The average molecular weight is 493 g/mol. The maximum absolute atomic E-state index is 12.8. The number of ether oxygens (including phenoxy) is 5. The highest BCUT2D eigenvalue weighted by Gasteiger charge is 2.40. The van der Waals surface area contributed by atoms with Gasteiger partial charge in [0.05, 0.1) is 14.5 Å². The van der Waals surface area contributed by atoms with E-state index in [4.69, 9.17) is 31.5 Å². The molecule has 0 aliphatic carbocycles. The predicted molar refractivity (Wildman–Crippen MR) is 115 cm³/mol. The van der Waals surface area contributed by atoms with Gasteiger partial charge < -0.3 is 23.7 Å². The molecule has 1 unspecified atom stereocenters.